The highest BCUT2D eigenvalue weighted by molar-refractivity contribution is 6.00. The number of hydrogen-bond donors (Lipinski definition) is 2. The first-order valence-corrected chi connectivity index (χ1v) is 12.1. The van der Waals surface area contributed by atoms with Crippen molar-refractivity contribution in [1.82, 2.24) is 5.32 Å². The van der Waals surface area contributed by atoms with Crippen LogP contribution in [0.15, 0.2) is 55.6 Å². The summed E-state index contributed by atoms with van der Waals surface area (Å²) in [4.78, 5) is 41.4. The highest BCUT2D eigenvalue weighted by Crippen LogP contribution is 2.46. The number of aliphatic hydroxyl groups is 1. The second-order valence-electron chi connectivity index (χ2n) is 9.18. The molecule has 1 aromatic rings. The maximum Gasteiger partial charge on any atom is 0.332 e. The van der Waals surface area contributed by atoms with Gasteiger partial charge in [0.2, 0.25) is 11.8 Å². The van der Waals surface area contributed by atoms with E-state index in [-0.39, 0.29) is 31.3 Å². The Morgan fingerprint density at radius 1 is 1.18 bits per heavy atom. The summed E-state index contributed by atoms with van der Waals surface area (Å²) in [5.74, 6) is -2.66. The summed E-state index contributed by atoms with van der Waals surface area (Å²) < 4.78 is 5.19. The summed E-state index contributed by atoms with van der Waals surface area (Å²) in [7, 11) is 0. The van der Waals surface area contributed by atoms with Crippen molar-refractivity contribution in [3.05, 3.63) is 55.6 Å². The fourth-order valence-corrected chi connectivity index (χ4v) is 4.88. The number of benzene rings is 1. The molecule has 0 aliphatic heterocycles. The lowest BCUT2D eigenvalue weighted by Crippen LogP contribution is -2.50. The Labute approximate surface area is 201 Å². The van der Waals surface area contributed by atoms with Crippen molar-refractivity contribution in [3.63, 3.8) is 0 Å². The first kappa shape index (κ1) is 25.7. The van der Waals surface area contributed by atoms with E-state index in [9.17, 15) is 19.5 Å². The van der Waals surface area contributed by atoms with Crippen LogP contribution in [0.4, 0.5) is 5.69 Å². The number of unbranched alkanes of at least 4 members (excludes halogenated alkanes) is 2. The van der Waals surface area contributed by atoms with Gasteiger partial charge in [-0.05, 0) is 57.6 Å². The maximum atomic E-state index is 13.7. The van der Waals surface area contributed by atoms with Gasteiger partial charge in [0.15, 0.2) is 0 Å². The third-order valence-electron chi connectivity index (χ3n) is 6.85. The average Bonchev–Trinajstić information content (AvgIpc) is 3.41. The zero-order valence-electron chi connectivity index (χ0n) is 19.9. The Kier molecular flexibility index (Phi) is 8.67. The Bertz CT molecular complexity index is 902. The fourth-order valence-electron chi connectivity index (χ4n) is 4.88. The van der Waals surface area contributed by atoms with Crippen LogP contribution in [0.1, 0.15) is 45.4 Å². The van der Waals surface area contributed by atoms with Gasteiger partial charge in [-0.1, -0.05) is 30.4 Å². The van der Waals surface area contributed by atoms with E-state index >= 15 is 0 Å². The largest absolute Gasteiger partial charge is 0.464 e. The van der Waals surface area contributed by atoms with E-state index in [4.69, 9.17) is 4.74 Å². The van der Waals surface area contributed by atoms with Crippen molar-refractivity contribution in [2.75, 3.05) is 18.1 Å². The first-order valence-electron chi connectivity index (χ1n) is 12.1. The van der Waals surface area contributed by atoms with Crippen molar-refractivity contribution in [1.29, 1.82) is 0 Å². The van der Waals surface area contributed by atoms with Gasteiger partial charge in [0, 0.05) is 18.2 Å². The number of carbonyl (C=O) groups is 3. The molecule has 0 bridgehead atoms. The molecule has 0 heterocycles. The van der Waals surface area contributed by atoms with Crippen molar-refractivity contribution in [2.24, 2.45) is 17.8 Å². The molecule has 0 unspecified atom stereocenters. The number of aliphatic hydroxyl groups excluding tert-OH is 1. The minimum Gasteiger partial charge on any atom is -0.464 e. The molecule has 2 saturated carbocycles. The van der Waals surface area contributed by atoms with Crippen LogP contribution in [0, 0.1) is 17.8 Å². The summed E-state index contributed by atoms with van der Waals surface area (Å²) in [5, 5.41) is 13.3. The molecule has 0 spiro atoms. The number of allylic oxidation sites excluding steroid dienone is 1. The number of amides is 2. The molecule has 1 aromatic carbocycles. The van der Waals surface area contributed by atoms with Gasteiger partial charge in [-0.25, -0.2) is 4.79 Å². The van der Waals surface area contributed by atoms with E-state index in [2.05, 4.69) is 18.5 Å². The Morgan fingerprint density at radius 3 is 2.50 bits per heavy atom. The Hall–Kier alpha value is -2.93. The molecular weight excluding hydrogens is 432 g/mol. The van der Waals surface area contributed by atoms with Crippen LogP contribution < -0.4 is 10.2 Å². The number of hydrogen-bond acceptors (Lipinski definition) is 5. The number of nitrogens with zero attached hydrogens (tertiary/aromatic N) is 1. The second-order valence-corrected chi connectivity index (χ2v) is 9.18. The molecule has 0 aromatic heterocycles. The highest BCUT2D eigenvalue weighted by Gasteiger charge is 2.62. The van der Waals surface area contributed by atoms with Crippen LogP contribution in [0.3, 0.4) is 0 Å². The maximum absolute atomic E-state index is 13.7. The van der Waals surface area contributed by atoms with Crippen LogP contribution in [-0.2, 0) is 19.1 Å². The quantitative estimate of drug-likeness (QED) is 0.279. The molecule has 2 aliphatic rings. The van der Waals surface area contributed by atoms with E-state index in [0.717, 1.165) is 24.9 Å². The summed E-state index contributed by atoms with van der Waals surface area (Å²) in [5.41, 5.74) is -0.358. The highest BCUT2D eigenvalue weighted by atomic mass is 16.5. The molecule has 2 fully saturated rings. The van der Waals surface area contributed by atoms with E-state index in [1.165, 1.54) is 0 Å². The molecule has 5 atom stereocenters. The summed E-state index contributed by atoms with van der Waals surface area (Å²) in [6.07, 6.45) is 6.13. The van der Waals surface area contributed by atoms with Gasteiger partial charge in [0.05, 0.1) is 24.5 Å². The predicted molar refractivity (Wildman–Crippen MR) is 131 cm³/mol. The number of carbonyl (C=O) groups excluding carboxylic acids is 3. The average molecular weight is 469 g/mol. The minimum atomic E-state index is -1.13. The SMILES string of the molecule is C=CCCCCN(C(=O)[C@@H]1C[C@@H](O)C[C@H]1C(=O)N[C@]1(C(=O)OCC)C[C@H]1C=C)c1ccccc1. The molecule has 0 saturated heterocycles. The number of esters is 1. The van der Waals surface area contributed by atoms with Gasteiger partial charge >= 0.3 is 5.97 Å². The van der Waals surface area contributed by atoms with Crippen LogP contribution in [0.25, 0.3) is 0 Å². The zero-order valence-corrected chi connectivity index (χ0v) is 19.9. The lowest BCUT2D eigenvalue weighted by molar-refractivity contribution is -0.150. The third kappa shape index (κ3) is 5.58. The lowest BCUT2D eigenvalue weighted by atomic mass is 9.92. The van der Waals surface area contributed by atoms with Crippen LogP contribution >= 0.6 is 0 Å². The summed E-state index contributed by atoms with van der Waals surface area (Å²) >= 11 is 0. The third-order valence-corrected chi connectivity index (χ3v) is 6.85. The summed E-state index contributed by atoms with van der Waals surface area (Å²) in [6, 6.07) is 9.39. The van der Waals surface area contributed by atoms with Gasteiger partial charge in [-0.15, -0.1) is 13.2 Å². The topological polar surface area (TPSA) is 95.9 Å². The van der Waals surface area contributed by atoms with Gasteiger partial charge in [0.25, 0.3) is 0 Å². The van der Waals surface area contributed by atoms with E-state index in [0.29, 0.717) is 13.0 Å². The molecule has 34 heavy (non-hydrogen) atoms. The molecular formula is C27H36N2O5. The first-order chi connectivity index (χ1) is 16.4. The molecule has 2 N–H and O–H groups in total. The van der Waals surface area contributed by atoms with E-state index < -0.39 is 35.4 Å². The molecule has 2 amide bonds. The minimum absolute atomic E-state index is 0.178. The lowest BCUT2D eigenvalue weighted by Gasteiger charge is -2.29. The van der Waals surface area contributed by atoms with E-state index in [1.54, 1.807) is 17.9 Å². The van der Waals surface area contributed by atoms with Crippen molar-refractivity contribution >= 4 is 23.5 Å². The molecule has 0 radical (unpaired) electrons. The Morgan fingerprint density at radius 2 is 1.88 bits per heavy atom. The second kappa shape index (κ2) is 11.5. The standard InChI is InChI=1S/C27H36N2O5/c1-4-7-8-12-15-29(20-13-10-9-11-14-20)25(32)23-17-21(30)16-22(23)24(31)28-27(18-19(27)5-2)26(33)34-6-3/h4-5,9-11,13-14,19,21-23,30H,1-2,6-8,12,15-18H2,3H3,(H,28,31)/t19-,21+,22-,23-,27-/m1/s1. The van der Waals surface area contributed by atoms with Gasteiger partial charge in [0.1, 0.15) is 5.54 Å². The van der Waals surface area contributed by atoms with Gasteiger partial charge in [-0.2, -0.15) is 0 Å². The Balaban J connectivity index is 1.78. The molecule has 184 valence electrons. The number of nitrogens with one attached hydrogen (secondary N) is 1. The smallest absolute Gasteiger partial charge is 0.332 e. The van der Waals surface area contributed by atoms with Crippen LogP contribution in [0.2, 0.25) is 0 Å². The monoisotopic (exact) mass is 468 g/mol. The fraction of sp³-hybridized carbons (Fsp3) is 0.519. The number of ether oxygens (including phenoxy) is 1. The normalized spacial score (nSPS) is 27.5. The number of rotatable bonds is 12. The number of para-hydroxylation sites is 1. The molecule has 7 heteroatoms. The predicted octanol–water partition coefficient (Wildman–Crippen LogP) is 3.39. The van der Waals surface area contributed by atoms with Gasteiger partial charge in [-0.3, -0.25) is 9.59 Å². The molecule has 3 rings (SSSR count). The van der Waals surface area contributed by atoms with Crippen molar-refractivity contribution < 1.29 is 24.2 Å². The molecule has 2 aliphatic carbocycles. The van der Waals surface area contributed by atoms with Crippen molar-refractivity contribution in [2.45, 2.75) is 57.1 Å². The number of anilines is 1. The zero-order chi connectivity index (χ0) is 24.7. The molecule has 7 nitrogen and oxygen atoms in total. The van der Waals surface area contributed by atoms with Crippen molar-refractivity contribution in [3.8, 4) is 0 Å². The summed E-state index contributed by atoms with van der Waals surface area (Å²) in [6.45, 7) is 9.94. The van der Waals surface area contributed by atoms with E-state index in [1.807, 2.05) is 36.4 Å². The van der Waals surface area contributed by atoms with Gasteiger partial charge < -0.3 is 20.1 Å². The van der Waals surface area contributed by atoms with Crippen LogP contribution in [0.5, 0.6) is 0 Å². The van der Waals surface area contributed by atoms with Crippen LogP contribution in [-0.4, -0.2) is 47.7 Å².